The quantitative estimate of drug-likeness (QED) is 0.272. The molecular weight excluding hydrogens is 360 g/mol. The molecule has 1 amide bonds. The lowest BCUT2D eigenvalue weighted by molar-refractivity contribution is -0.123. The Balaban J connectivity index is 1.80. The minimum Gasteiger partial charge on any atom is -0.483 e. The third-order valence-corrected chi connectivity index (χ3v) is 5.19. The van der Waals surface area contributed by atoms with Crippen LogP contribution in [0.5, 0.6) is 5.75 Å². The highest BCUT2D eigenvalue weighted by molar-refractivity contribution is 7.20. The summed E-state index contributed by atoms with van der Waals surface area (Å²) < 4.78 is 6.82. The number of benzene rings is 2. The van der Waals surface area contributed by atoms with Gasteiger partial charge in [0.05, 0.1) is 4.88 Å². The molecule has 0 radical (unpaired) electrons. The molecule has 7 heteroatoms. The van der Waals surface area contributed by atoms with Crippen molar-refractivity contribution in [2.45, 2.75) is 6.42 Å². The number of fused-ring (bicyclic) bond motifs is 1. The predicted octanol–water partition coefficient (Wildman–Crippen LogP) is 2.70. The number of carbonyl (C=O) groups excluding carboxylic acids is 1. The van der Waals surface area contributed by atoms with Gasteiger partial charge in [-0.1, -0.05) is 24.3 Å². The van der Waals surface area contributed by atoms with Gasteiger partial charge in [-0.2, -0.15) is 0 Å². The van der Waals surface area contributed by atoms with Crippen LogP contribution in [0.1, 0.15) is 11.3 Å². The molecule has 1 aromatic heterocycles. The van der Waals surface area contributed by atoms with E-state index in [0.29, 0.717) is 18.8 Å². The number of nitrogens with one attached hydrogen (secondary N) is 2. The Hall–Kier alpha value is -2.90. The number of amides is 1. The standard InChI is InChI=1S/C20H22N4O2S/c21-8-3-9-24-19(25)12-26-16-5-2-1-4-15(16)13-6-7-17-14(10-13)11-18(27-17)20(22)23/h1-2,4-7,10-11H,3,8-9,12,21H2,(H3,22,23)(H,24,25). The van der Waals surface area contributed by atoms with Crippen molar-refractivity contribution in [3.8, 4) is 16.9 Å². The van der Waals surface area contributed by atoms with Gasteiger partial charge in [-0.25, -0.2) is 0 Å². The molecular formula is C20H22N4O2S. The lowest BCUT2D eigenvalue weighted by Gasteiger charge is -2.12. The first-order valence-electron chi connectivity index (χ1n) is 8.65. The van der Waals surface area contributed by atoms with E-state index in [1.54, 1.807) is 0 Å². The van der Waals surface area contributed by atoms with E-state index in [0.717, 1.165) is 32.5 Å². The van der Waals surface area contributed by atoms with Gasteiger partial charge in [-0.15, -0.1) is 11.3 Å². The van der Waals surface area contributed by atoms with E-state index in [9.17, 15) is 4.79 Å². The number of para-hydroxylation sites is 1. The summed E-state index contributed by atoms with van der Waals surface area (Å²) in [7, 11) is 0. The Kier molecular flexibility index (Phi) is 6.05. The van der Waals surface area contributed by atoms with Gasteiger partial charge >= 0.3 is 0 Å². The zero-order valence-corrected chi connectivity index (χ0v) is 15.6. The minimum absolute atomic E-state index is 0.0449. The highest BCUT2D eigenvalue weighted by Crippen LogP contribution is 2.34. The summed E-state index contributed by atoms with van der Waals surface area (Å²) in [5.74, 6) is 0.549. The van der Waals surface area contributed by atoms with Gasteiger partial charge in [0.1, 0.15) is 11.6 Å². The number of hydrogen-bond acceptors (Lipinski definition) is 5. The number of ether oxygens (including phenoxy) is 1. The van der Waals surface area contributed by atoms with Crippen LogP contribution in [0.2, 0.25) is 0 Å². The maximum atomic E-state index is 11.9. The average Bonchev–Trinajstić information content (AvgIpc) is 3.10. The molecule has 0 atom stereocenters. The normalized spacial score (nSPS) is 10.7. The number of thiophene rings is 1. The first-order chi connectivity index (χ1) is 13.1. The third-order valence-electron chi connectivity index (χ3n) is 4.04. The average molecular weight is 382 g/mol. The van der Waals surface area contributed by atoms with Crippen molar-refractivity contribution in [1.82, 2.24) is 5.32 Å². The first kappa shape index (κ1) is 18.9. The van der Waals surface area contributed by atoms with Gasteiger partial charge < -0.3 is 21.5 Å². The molecule has 0 fully saturated rings. The monoisotopic (exact) mass is 382 g/mol. The summed E-state index contributed by atoms with van der Waals surface area (Å²) >= 11 is 1.49. The molecule has 0 aliphatic heterocycles. The van der Waals surface area contributed by atoms with Crippen molar-refractivity contribution in [3.05, 3.63) is 53.4 Å². The molecule has 2 aromatic carbocycles. The van der Waals surface area contributed by atoms with E-state index in [2.05, 4.69) is 5.32 Å². The van der Waals surface area contributed by atoms with Crippen LogP contribution in [0.3, 0.4) is 0 Å². The Morgan fingerprint density at radius 1 is 1.19 bits per heavy atom. The molecule has 3 rings (SSSR count). The molecule has 0 aliphatic rings. The zero-order valence-electron chi connectivity index (χ0n) is 14.8. The van der Waals surface area contributed by atoms with Gasteiger partial charge in [0.2, 0.25) is 0 Å². The molecule has 0 bridgehead atoms. The Morgan fingerprint density at radius 2 is 2.00 bits per heavy atom. The Labute approximate surface area is 161 Å². The molecule has 6 nitrogen and oxygen atoms in total. The molecule has 0 aliphatic carbocycles. The largest absolute Gasteiger partial charge is 0.483 e. The summed E-state index contributed by atoms with van der Waals surface area (Å²) in [6.45, 7) is 1.05. The van der Waals surface area contributed by atoms with E-state index < -0.39 is 0 Å². The van der Waals surface area contributed by atoms with Crippen LogP contribution in [0.25, 0.3) is 21.2 Å². The highest BCUT2D eigenvalue weighted by Gasteiger charge is 2.11. The van der Waals surface area contributed by atoms with Crippen molar-refractivity contribution in [2.24, 2.45) is 11.5 Å². The molecule has 0 spiro atoms. The second kappa shape index (κ2) is 8.66. The van der Waals surface area contributed by atoms with Gasteiger partial charge in [-0.3, -0.25) is 10.2 Å². The summed E-state index contributed by atoms with van der Waals surface area (Å²) in [5, 5.41) is 11.4. The second-order valence-corrected chi connectivity index (χ2v) is 7.14. The van der Waals surface area contributed by atoms with E-state index in [1.165, 1.54) is 11.3 Å². The molecule has 6 N–H and O–H groups in total. The number of carbonyl (C=O) groups is 1. The maximum Gasteiger partial charge on any atom is 0.257 e. The van der Waals surface area contributed by atoms with Crippen molar-refractivity contribution in [1.29, 1.82) is 5.41 Å². The third kappa shape index (κ3) is 4.64. The Morgan fingerprint density at radius 3 is 2.78 bits per heavy atom. The topological polar surface area (TPSA) is 114 Å². The number of hydrogen-bond donors (Lipinski definition) is 4. The highest BCUT2D eigenvalue weighted by atomic mass is 32.1. The van der Waals surface area contributed by atoms with Crippen LogP contribution < -0.4 is 21.5 Å². The van der Waals surface area contributed by atoms with E-state index in [-0.39, 0.29) is 18.3 Å². The fourth-order valence-corrected chi connectivity index (χ4v) is 3.60. The SMILES string of the molecule is N=C(N)c1cc2cc(-c3ccccc3OCC(=O)NCCCN)ccc2s1. The molecule has 0 unspecified atom stereocenters. The van der Waals surface area contributed by atoms with Gasteiger partial charge in [0.15, 0.2) is 6.61 Å². The van der Waals surface area contributed by atoms with Crippen LogP contribution in [0.4, 0.5) is 0 Å². The smallest absolute Gasteiger partial charge is 0.257 e. The van der Waals surface area contributed by atoms with Crippen LogP contribution in [0.15, 0.2) is 48.5 Å². The van der Waals surface area contributed by atoms with E-state index in [4.69, 9.17) is 21.6 Å². The van der Waals surface area contributed by atoms with E-state index >= 15 is 0 Å². The van der Waals surface area contributed by atoms with Gasteiger partial charge in [0.25, 0.3) is 5.91 Å². The summed E-state index contributed by atoms with van der Waals surface area (Å²) in [5.41, 5.74) is 12.9. The molecule has 1 heterocycles. The van der Waals surface area contributed by atoms with Crippen LogP contribution >= 0.6 is 11.3 Å². The van der Waals surface area contributed by atoms with Crippen molar-refractivity contribution < 1.29 is 9.53 Å². The van der Waals surface area contributed by atoms with Gasteiger partial charge in [0, 0.05) is 16.8 Å². The number of rotatable bonds is 8. The van der Waals surface area contributed by atoms with Gasteiger partial charge in [-0.05, 0) is 48.2 Å². The minimum atomic E-state index is -0.169. The fourth-order valence-electron chi connectivity index (χ4n) is 2.70. The molecule has 140 valence electrons. The lowest BCUT2D eigenvalue weighted by Crippen LogP contribution is -2.30. The molecule has 0 saturated carbocycles. The first-order valence-corrected chi connectivity index (χ1v) is 9.47. The van der Waals surface area contributed by atoms with Crippen LogP contribution in [-0.2, 0) is 4.79 Å². The van der Waals surface area contributed by atoms with E-state index in [1.807, 2.05) is 48.5 Å². The van der Waals surface area contributed by atoms with Crippen LogP contribution in [0, 0.1) is 5.41 Å². The predicted molar refractivity (Wildman–Crippen MR) is 110 cm³/mol. The number of nitrogens with two attached hydrogens (primary N) is 2. The zero-order chi connectivity index (χ0) is 19.2. The summed E-state index contributed by atoms with van der Waals surface area (Å²) in [6.07, 6.45) is 0.741. The maximum absolute atomic E-state index is 11.9. The fraction of sp³-hybridized carbons (Fsp3) is 0.200. The molecule has 3 aromatic rings. The van der Waals surface area contributed by atoms with Crippen molar-refractivity contribution in [2.75, 3.05) is 19.7 Å². The number of nitrogen functional groups attached to an aromatic ring is 1. The molecule has 0 saturated heterocycles. The summed E-state index contributed by atoms with van der Waals surface area (Å²) in [6, 6.07) is 15.6. The second-order valence-electron chi connectivity index (χ2n) is 6.05. The van der Waals surface area contributed by atoms with Crippen molar-refractivity contribution >= 4 is 33.2 Å². The number of amidine groups is 1. The molecule has 27 heavy (non-hydrogen) atoms. The van der Waals surface area contributed by atoms with Crippen LogP contribution in [-0.4, -0.2) is 31.4 Å². The summed E-state index contributed by atoms with van der Waals surface area (Å²) in [4.78, 5) is 12.6. The lowest BCUT2D eigenvalue weighted by atomic mass is 10.0. The Bertz CT molecular complexity index is 968. The van der Waals surface area contributed by atoms with Crippen molar-refractivity contribution in [3.63, 3.8) is 0 Å².